The molecule has 2 N–H and O–H groups in total. The molecule has 1 heterocycles. The van der Waals surface area contributed by atoms with Crippen molar-refractivity contribution in [2.75, 3.05) is 13.2 Å². The highest BCUT2D eigenvalue weighted by atomic mass is 16.5. The normalized spacial score (nSPS) is 11.8. The van der Waals surface area contributed by atoms with E-state index in [1.165, 1.54) is 22.0 Å². The van der Waals surface area contributed by atoms with E-state index in [2.05, 4.69) is 79.6 Å². The monoisotopic (exact) mass is 364 g/mol. The molecule has 0 amide bonds. The molecule has 3 heteroatoms. The number of H-pyrrole nitrogens is 1. The summed E-state index contributed by atoms with van der Waals surface area (Å²) in [4.78, 5) is 3.29. The predicted molar refractivity (Wildman–Crippen MR) is 115 cm³/mol. The van der Waals surface area contributed by atoms with Gasteiger partial charge in [0.1, 0.15) is 5.75 Å². The number of aryl methyl sites for hydroxylation is 2. The maximum Gasteiger partial charge on any atom is 0.122 e. The Labute approximate surface area is 163 Å². The molecule has 0 atom stereocenters. The minimum absolute atomic E-state index is 0.167. The standard InChI is InChI=1S/C24H32N2O/c1-24(2,3)26-16-8-18-27-23-14-5-4-9-20(23)12-6-10-19-11-7-13-22-21(19)15-17-25-22/h4-5,7,9,11,13-15,17,25-26H,6,8,10,12,16,18H2,1-3H3. The van der Waals surface area contributed by atoms with Gasteiger partial charge in [-0.2, -0.15) is 0 Å². The lowest BCUT2D eigenvalue weighted by molar-refractivity contribution is 0.295. The average molecular weight is 365 g/mol. The molecule has 0 radical (unpaired) electrons. The van der Waals surface area contributed by atoms with Crippen LogP contribution in [0.1, 0.15) is 44.7 Å². The number of hydrogen-bond donors (Lipinski definition) is 2. The molecule has 0 unspecified atom stereocenters. The number of aromatic nitrogens is 1. The zero-order valence-corrected chi connectivity index (χ0v) is 16.8. The molecule has 0 aliphatic heterocycles. The highest BCUT2D eigenvalue weighted by Gasteiger charge is 2.08. The molecule has 0 spiro atoms. The lowest BCUT2D eigenvalue weighted by Gasteiger charge is -2.20. The first-order valence-corrected chi connectivity index (χ1v) is 10.0. The summed E-state index contributed by atoms with van der Waals surface area (Å²) in [5, 5.41) is 4.85. The van der Waals surface area contributed by atoms with Gasteiger partial charge in [0.15, 0.2) is 0 Å². The summed E-state index contributed by atoms with van der Waals surface area (Å²) in [6.07, 6.45) is 6.28. The molecule has 0 aliphatic rings. The third-order valence-corrected chi connectivity index (χ3v) is 4.78. The Morgan fingerprint density at radius 2 is 1.67 bits per heavy atom. The molecule has 144 valence electrons. The van der Waals surface area contributed by atoms with Gasteiger partial charge in [-0.3, -0.25) is 0 Å². The molecular weight excluding hydrogens is 332 g/mol. The fourth-order valence-corrected chi connectivity index (χ4v) is 3.41. The minimum atomic E-state index is 0.167. The van der Waals surface area contributed by atoms with Crippen LogP contribution in [-0.4, -0.2) is 23.7 Å². The summed E-state index contributed by atoms with van der Waals surface area (Å²) in [7, 11) is 0. The second-order valence-corrected chi connectivity index (χ2v) is 8.20. The fraction of sp³-hybridized carbons (Fsp3) is 0.417. The van der Waals surface area contributed by atoms with Crippen LogP contribution in [-0.2, 0) is 12.8 Å². The topological polar surface area (TPSA) is 37.0 Å². The molecule has 0 bridgehead atoms. The van der Waals surface area contributed by atoms with E-state index in [4.69, 9.17) is 4.74 Å². The van der Waals surface area contributed by atoms with Crippen LogP contribution in [0.3, 0.4) is 0 Å². The zero-order chi connectivity index (χ0) is 19.1. The summed E-state index contributed by atoms with van der Waals surface area (Å²) in [6, 6.07) is 17.1. The van der Waals surface area contributed by atoms with E-state index in [9.17, 15) is 0 Å². The van der Waals surface area contributed by atoms with E-state index in [0.29, 0.717) is 0 Å². The largest absolute Gasteiger partial charge is 0.493 e. The van der Waals surface area contributed by atoms with E-state index in [0.717, 1.165) is 44.6 Å². The van der Waals surface area contributed by atoms with Crippen LogP contribution in [0.2, 0.25) is 0 Å². The van der Waals surface area contributed by atoms with E-state index < -0.39 is 0 Å². The highest BCUT2D eigenvalue weighted by molar-refractivity contribution is 5.82. The Morgan fingerprint density at radius 1 is 0.889 bits per heavy atom. The van der Waals surface area contributed by atoms with Crippen LogP contribution < -0.4 is 10.1 Å². The molecule has 0 aliphatic carbocycles. The van der Waals surface area contributed by atoms with Gasteiger partial charge in [-0.1, -0.05) is 30.3 Å². The van der Waals surface area contributed by atoms with Gasteiger partial charge in [0.25, 0.3) is 0 Å². The van der Waals surface area contributed by atoms with Crippen LogP contribution in [0, 0.1) is 0 Å². The second kappa shape index (κ2) is 9.09. The Bertz CT molecular complexity index is 845. The van der Waals surface area contributed by atoms with Crippen molar-refractivity contribution in [2.45, 2.75) is 52.0 Å². The molecule has 1 aromatic heterocycles. The Balaban J connectivity index is 1.50. The lowest BCUT2D eigenvalue weighted by atomic mass is 10.0. The first-order chi connectivity index (χ1) is 13.0. The Morgan fingerprint density at radius 3 is 2.52 bits per heavy atom. The van der Waals surface area contributed by atoms with E-state index in [1.807, 2.05) is 6.20 Å². The van der Waals surface area contributed by atoms with Gasteiger partial charge in [-0.05, 0) is 82.3 Å². The molecule has 0 saturated heterocycles. The number of nitrogens with one attached hydrogen (secondary N) is 2. The van der Waals surface area contributed by atoms with Crippen molar-refractivity contribution >= 4 is 10.9 Å². The first kappa shape index (κ1) is 19.5. The third kappa shape index (κ3) is 5.86. The molecule has 2 aromatic carbocycles. The smallest absolute Gasteiger partial charge is 0.122 e. The van der Waals surface area contributed by atoms with Gasteiger partial charge in [0, 0.05) is 22.6 Å². The van der Waals surface area contributed by atoms with Crippen LogP contribution in [0.4, 0.5) is 0 Å². The molecule has 3 aromatic rings. The van der Waals surface area contributed by atoms with Crippen molar-refractivity contribution in [2.24, 2.45) is 0 Å². The fourth-order valence-electron chi connectivity index (χ4n) is 3.41. The number of hydrogen-bond acceptors (Lipinski definition) is 2. The van der Waals surface area contributed by atoms with Crippen molar-refractivity contribution in [3.05, 3.63) is 65.9 Å². The summed E-state index contributed by atoms with van der Waals surface area (Å²) in [5.41, 5.74) is 4.11. The second-order valence-electron chi connectivity index (χ2n) is 8.20. The summed E-state index contributed by atoms with van der Waals surface area (Å²) >= 11 is 0. The number of para-hydroxylation sites is 1. The van der Waals surface area contributed by atoms with Gasteiger partial charge >= 0.3 is 0 Å². The predicted octanol–water partition coefficient (Wildman–Crippen LogP) is 5.50. The summed E-state index contributed by atoms with van der Waals surface area (Å²) < 4.78 is 6.07. The van der Waals surface area contributed by atoms with Gasteiger partial charge in [-0.15, -0.1) is 0 Å². The maximum absolute atomic E-state index is 6.07. The number of fused-ring (bicyclic) bond motifs is 1. The van der Waals surface area contributed by atoms with Crippen LogP contribution >= 0.6 is 0 Å². The van der Waals surface area contributed by atoms with Gasteiger partial charge < -0.3 is 15.0 Å². The quantitative estimate of drug-likeness (QED) is 0.492. The van der Waals surface area contributed by atoms with Gasteiger partial charge in [0.05, 0.1) is 6.61 Å². The van der Waals surface area contributed by atoms with E-state index in [1.54, 1.807) is 0 Å². The number of rotatable bonds is 9. The average Bonchev–Trinajstić information content (AvgIpc) is 3.11. The number of benzene rings is 2. The zero-order valence-electron chi connectivity index (χ0n) is 16.8. The summed E-state index contributed by atoms with van der Waals surface area (Å²) in [6.45, 7) is 8.31. The van der Waals surface area contributed by atoms with Crippen molar-refractivity contribution in [3.63, 3.8) is 0 Å². The minimum Gasteiger partial charge on any atom is -0.493 e. The van der Waals surface area contributed by atoms with Crippen molar-refractivity contribution in [1.29, 1.82) is 0 Å². The molecular formula is C24H32N2O. The maximum atomic E-state index is 6.07. The van der Waals surface area contributed by atoms with Crippen molar-refractivity contribution in [3.8, 4) is 5.75 Å². The number of ether oxygens (including phenoxy) is 1. The SMILES string of the molecule is CC(C)(C)NCCCOc1ccccc1CCCc1cccc2[nH]ccc12. The van der Waals surface area contributed by atoms with Gasteiger partial charge in [-0.25, -0.2) is 0 Å². The number of aromatic amines is 1. The van der Waals surface area contributed by atoms with E-state index >= 15 is 0 Å². The highest BCUT2D eigenvalue weighted by Crippen LogP contribution is 2.23. The van der Waals surface area contributed by atoms with Crippen LogP contribution in [0.25, 0.3) is 10.9 Å². The van der Waals surface area contributed by atoms with Crippen molar-refractivity contribution in [1.82, 2.24) is 10.3 Å². The first-order valence-electron chi connectivity index (χ1n) is 10.0. The third-order valence-electron chi connectivity index (χ3n) is 4.78. The molecule has 0 saturated carbocycles. The Hall–Kier alpha value is -2.26. The van der Waals surface area contributed by atoms with Gasteiger partial charge in [0.2, 0.25) is 0 Å². The molecule has 27 heavy (non-hydrogen) atoms. The van der Waals surface area contributed by atoms with E-state index in [-0.39, 0.29) is 5.54 Å². The summed E-state index contributed by atoms with van der Waals surface area (Å²) in [5.74, 6) is 1.04. The van der Waals surface area contributed by atoms with Crippen LogP contribution in [0.5, 0.6) is 5.75 Å². The lowest BCUT2D eigenvalue weighted by Crippen LogP contribution is -2.36. The van der Waals surface area contributed by atoms with Crippen LogP contribution in [0.15, 0.2) is 54.7 Å². The van der Waals surface area contributed by atoms with Crippen molar-refractivity contribution < 1.29 is 4.74 Å². The molecule has 0 fully saturated rings. The Kier molecular flexibility index (Phi) is 6.57. The molecule has 3 rings (SSSR count). The molecule has 3 nitrogen and oxygen atoms in total.